The standard InChI is InChI=1S/C23H17FN6S/c1-3-4-15(20-7-8-21(24)31-20)16-9-19(27-13(16)2)23-22-18(29-30-23)6-5-17(28-22)14-10-25-12-26-11-14/h3-12,27H,1H2,2H3,(H,29,30)/b15-4+. The third-order valence-electron chi connectivity index (χ3n) is 4.95. The summed E-state index contributed by atoms with van der Waals surface area (Å²) in [4.78, 5) is 17.2. The highest BCUT2D eigenvalue weighted by Gasteiger charge is 2.18. The number of halogens is 1. The van der Waals surface area contributed by atoms with E-state index in [0.717, 1.165) is 61.0 Å². The van der Waals surface area contributed by atoms with Gasteiger partial charge in [0.05, 0.1) is 16.9 Å². The maximum Gasteiger partial charge on any atom is 0.176 e. The summed E-state index contributed by atoms with van der Waals surface area (Å²) in [6, 6.07) is 9.11. The normalized spacial score (nSPS) is 11.9. The van der Waals surface area contributed by atoms with E-state index in [4.69, 9.17) is 4.98 Å². The number of fused-ring (bicyclic) bond motifs is 1. The van der Waals surface area contributed by atoms with Crippen LogP contribution in [0.4, 0.5) is 4.39 Å². The molecule has 152 valence electrons. The Labute approximate surface area is 181 Å². The SMILES string of the molecule is C=C/C=C(/c1ccc(F)s1)c1cc(-c2n[nH]c3ccc(-c4cncnc4)nc23)[nH]c1C. The van der Waals surface area contributed by atoms with Gasteiger partial charge in [0.2, 0.25) is 0 Å². The zero-order valence-electron chi connectivity index (χ0n) is 16.6. The second-order valence-electron chi connectivity index (χ2n) is 6.93. The Balaban J connectivity index is 1.61. The molecule has 0 atom stereocenters. The topological polar surface area (TPSA) is 83.1 Å². The first-order valence-corrected chi connectivity index (χ1v) is 10.3. The molecular weight excluding hydrogens is 411 g/mol. The fourth-order valence-corrected chi connectivity index (χ4v) is 4.30. The Morgan fingerprint density at radius 2 is 2.00 bits per heavy atom. The van der Waals surface area contributed by atoms with Gasteiger partial charge in [0.1, 0.15) is 17.5 Å². The van der Waals surface area contributed by atoms with Gasteiger partial charge in [0.15, 0.2) is 5.13 Å². The van der Waals surface area contributed by atoms with Crippen molar-refractivity contribution in [2.45, 2.75) is 6.92 Å². The van der Waals surface area contributed by atoms with Crippen LogP contribution in [0.1, 0.15) is 16.1 Å². The number of thiophene rings is 1. The number of nitrogens with zero attached hydrogens (tertiary/aromatic N) is 4. The van der Waals surface area contributed by atoms with Crippen LogP contribution in [0.2, 0.25) is 0 Å². The molecule has 5 aromatic heterocycles. The molecule has 0 amide bonds. The molecule has 0 bridgehead atoms. The molecule has 0 saturated heterocycles. The molecule has 5 heterocycles. The van der Waals surface area contributed by atoms with Crippen molar-refractivity contribution in [2.75, 3.05) is 0 Å². The average molecular weight is 428 g/mol. The summed E-state index contributed by atoms with van der Waals surface area (Å²) < 4.78 is 13.7. The average Bonchev–Trinajstić information content (AvgIpc) is 3.50. The van der Waals surface area contributed by atoms with Crippen LogP contribution in [0, 0.1) is 12.1 Å². The smallest absolute Gasteiger partial charge is 0.176 e. The Bertz CT molecular complexity index is 1430. The van der Waals surface area contributed by atoms with Crippen LogP contribution in [0.3, 0.4) is 0 Å². The van der Waals surface area contributed by atoms with Crippen LogP contribution in [0.25, 0.3) is 39.3 Å². The molecule has 0 spiro atoms. The van der Waals surface area contributed by atoms with E-state index in [2.05, 4.69) is 31.7 Å². The van der Waals surface area contributed by atoms with Gasteiger partial charge in [-0.25, -0.2) is 15.0 Å². The molecule has 5 aromatic rings. The van der Waals surface area contributed by atoms with Crippen LogP contribution in [0.15, 0.2) is 67.8 Å². The lowest BCUT2D eigenvalue weighted by Gasteiger charge is -2.03. The maximum atomic E-state index is 13.7. The lowest BCUT2D eigenvalue weighted by atomic mass is 10.0. The molecule has 0 aliphatic heterocycles. The third kappa shape index (κ3) is 3.47. The van der Waals surface area contributed by atoms with Gasteiger partial charge in [-0.1, -0.05) is 18.7 Å². The number of nitrogens with one attached hydrogen (secondary N) is 2. The number of pyridine rings is 1. The van der Waals surface area contributed by atoms with Crippen molar-refractivity contribution in [2.24, 2.45) is 0 Å². The van der Waals surface area contributed by atoms with Gasteiger partial charge in [-0.15, -0.1) is 11.3 Å². The number of hydrogen-bond acceptors (Lipinski definition) is 5. The first kappa shape index (κ1) is 19.1. The molecule has 0 aromatic carbocycles. The zero-order valence-corrected chi connectivity index (χ0v) is 17.4. The molecule has 0 fully saturated rings. The zero-order chi connectivity index (χ0) is 21.4. The van der Waals surface area contributed by atoms with Crippen molar-refractivity contribution in [3.05, 3.63) is 89.0 Å². The first-order chi connectivity index (χ1) is 15.1. The Kier molecular flexibility index (Phi) is 4.76. The molecule has 31 heavy (non-hydrogen) atoms. The predicted molar refractivity (Wildman–Crippen MR) is 121 cm³/mol. The van der Waals surface area contributed by atoms with E-state index in [1.165, 1.54) is 12.4 Å². The van der Waals surface area contributed by atoms with Crippen LogP contribution in [-0.2, 0) is 0 Å². The lowest BCUT2D eigenvalue weighted by molar-refractivity contribution is 0.657. The first-order valence-electron chi connectivity index (χ1n) is 9.53. The van der Waals surface area contributed by atoms with E-state index in [1.54, 1.807) is 24.5 Å². The van der Waals surface area contributed by atoms with E-state index in [9.17, 15) is 4.39 Å². The summed E-state index contributed by atoms with van der Waals surface area (Å²) in [6.07, 6.45) is 8.54. The number of H-pyrrole nitrogens is 2. The van der Waals surface area contributed by atoms with Gasteiger partial charge in [-0.05, 0) is 37.3 Å². The molecule has 0 unspecified atom stereocenters. The summed E-state index contributed by atoms with van der Waals surface area (Å²) in [5.41, 5.74) is 7.49. The van der Waals surface area contributed by atoms with Gasteiger partial charge in [0.25, 0.3) is 0 Å². The highest BCUT2D eigenvalue weighted by Crippen LogP contribution is 2.35. The number of aryl methyl sites for hydroxylation is 1. The summed E-state index contributed by atoms with van der Waals surface area (Å²) in [5, 5.41) is 7.31. The summed E-state index contributed by atoms with van der Waals surface area (Å²) in [5.74, 6) is 0. The highest BCUT2D eigenvalue weighted by molar-refractivity contribution is 7.11. The fourth-order valence-electron chi connectivity index (χ4n) is 3.53. The van der Waals surface area contributed by atoms with Gasteiger partial charge in [0, 0.05) is 39.7 Å². The van der Waals surface area contributed by atoms with E-state index >= 15 is 0 Å². The van der Waals surface area contributed by atoms with Gasteiger partial charge in [-0.3, -0.25) is 5.10 Å². The summed E-state index contributed by atoms with van der Waals surface area (Å²) in [6.45, 7) is 5.79. The highest BCUT2D eigenvalue weighted by atomic mass is 32.1. The Morgan fingerprint density at radius 1 is 1.16 bits per heavy atom. The molecule has 5 rings (SSSR count). The van der Waals surface area contributed by atoms with Crippen molar-refractivity contribution in [3.8, 4) is 22.6 Å². The summed E-state index contributed by atoms with van der Waals surface area (Å²) in [7, 11) is 0. The summed E-state index contributed by atoms with van der Waals surface area (Å²) >= 11 is 1.11. The monoisotopic (exact) mass is 428 g/mol. The van der Waals surface area contributed by atoms with Crippen molar-refractivity contribution >= 4 is 27.9 Å². The lowest BCUT2D eigenvalue weighted by Crippen LogP contribution is -1.87. The van der Waals surface area contributed by atoms with E-state index in [1.807, 2.05) is 31.2 Å². The van der Waals surface area contributed by atoms with Gasteiger partial charge in [-0.2, -0.15) is 9.49 Å². The fraction of sp³-hybridized carbons (Fsp3) is 0.0435. The molecule has 8 heteroatoms. The number of rotatable bonds is 5. The van der Waals surface area contributed by atoms with Crippen molar-refractivity contribution in [1.29, 1.82) is 0 Å². The predicted octanol–water partition coefficient (Wildman–Crippen LogP) is 5.54. The van der Waals surface area contributed by atoms with Crippen molar-refractivity contribution in [1.82, 2.24) is 30.1 Å². The second kappa shape index (κ2) is 7.73. The number of allylic oxidation sites excluding steroid dienone is 2. The quantitative estimate of drug-likeness (QED) is 0.360. The molecular formula is C23H17FN6S. The minimum absolute atomic E-state index is 0.224. The van der Waals surface area contributed by atoms with Crippen molar-refractivity contribution < 1.29 is 4.39 Å². The minimum Gasteiger partial charge on any atom is -0.357 e. The number of aromatic amines is 2. The molecule has 6 nitrogen and oxygen atoms in total. The van der Waals surface area contributed by atoms with Gasteiger partial charge < -0.3 is 4.98 Å². The number of aromatic nitrogens is 6. The molecule has 2 N–H and O–H groups in total. The molecule has 0 aliphatic carbocycles. The minimum atomic E-state index is -0.224. The van der Waals surface area contributed by atoms with Crippen LogP contribution < -0.4 is 0 Å². The van der Waals surface area contributed by atoms with Crippen molar-refractivity contribution in [3.63, 3.8) is 0 Å². The van der Waals surface area contributed by atoms with Crippen LogP contribution in [0.5, 0.6) is 0 Å². The van der Waals surface area contributed by atoms with E-state index in [0.29, 0.717) is 5.69 Å². The van der Waals surface area contributed by atoms with Crippen LogP contribution in [-0.4, -0.2) is 30.1 Å². The largest absolute Gasteiger partial charge is 0.357 e. The van der Waals surface area contributed by atoms with E-state index in [-0.39, 0.29) is 5.13 Å². The molecule has 0 aliphatic rings. The van der Waals surface area contributed by atoms with Crippen LogP contribution >= 0.6 is 11.3 Å². The Morgan fingerprint density at radius 3 is 2.74 bits per heavy atom. The molecule has 0 saturated carbocycles. The molecule has 0 radical (unpaired) electrons. The Hall–Kier alpha value is -3.91. The van der Waals surface area contributed by atoms with E-state index < -0.39 is 0 Å². The maximum absolute atomic E-state index is 13.7. The van der Waals surface area contributed by atoms with Gasteiger partial charge >= 0.3 is 0 Å². The third-order valence-corrected chi connectivity index (χ3v) is 5.85. The second-order valence-corrected chi connectivity index (χ2v) is 7.97. The number of hydrogen-bond donors (Lipinski definition) is 2.